The lowest BCUT2D eigenvalue weighted by Gasteiger charge is -2.26. The molecule has 0 fully saturated rings. The number of alkyl halides is 1. The summed E-state index contributed by atoms with van der Waals surface area (Å²) in [5.74, 6) is 0. The quantitative estimate of drug-likeness (QED) is 0.278. The van der Waals surface area contributed by atoms with E-state index in [1.54, 1.807) is 0 Å². The molecule has 0 radical (unpaired) electrons. The van der Waals surface area contributed by atoms with Gasteiger partial charge in [0.25, 0.3) is 0 Å². The smallest absolute Gasteiger partial charge is 0.182 e. The van der Waals surface area contributed by atoms with Gasteiger partial charge in [-0.1, -0.05) is 24.3 Å². The molecule has 0 spiro atoms. The summed E-state index contributed by atoms with van der Waals surface area (Å²) in [5, 5.41) is 12.8. The zero-order chi connectivity index (χ0) is 19.3. The topological polar surface area (TPSA) is 56.9 Å². The minimum absolute atomic E-state index is 0.133. The fraction of sp³-hybridized carbons (Fsp3) is 0.0476. The van der Waals surface area contributed by atoms with E-state index in [1.807, 2.05) is 60.7 Å². The van der Waals surface area contributed by atoms with Crippen LogP contribution in [0.2, 0.25) is 0 Å². The van der Waals surface area contributed by atoms with Crippen molar-refractivity contribution in [3.8, 4) is 11.8 Å². The number of fused-ring (bicyclic) bond motifs is 2. The van der Waals surface area contributed by atoms with Gasteiger partial charge in [-0.05, 0) is 74.3 Å². The third kappa shape index (κ3) is 2.60. The molecule has 28 heavy (non-hydrogen) atoms. The highest BCUT2D eigenvalue weighted by Gasteiger charge is 2.30. The van der Waals surface area contributed by atoms with Crippen LogP contribution in [0.4, 0.5) is 17.1 Å². The van der Waals surface area contributed by atoms with Gasteiger partial charge in [0.05, 0.1) is 45.4 Å². The SMILES string of the molecule is N#Cc1ccc(-n2c(Br)nc3ccccc32)c(N2c3ccccc3NC2Br)c1. The number of nitrogens with one attached hydrogen (secondary N) is 1. The standard InChI is InChI=1S/C21H13Br2N5/c22-20-25-14-5-1-3-7-16(14)27(20)18-10-9-13(12-24)11-19(18)28-17-8-4-2-6-15(17)26-21(28)23/h1-11,21,26H. The van der Waals surface area contributed by atoms with Crippen LogP contribution >= 0.6 is 31.9 Å². The number of hydrogen-bond donors (Lipinski definition) is 1. The van der Waals surface area contributed by atoms with E-state index < -0.39 is 0 Å². The van der Waals surface area contributed by atoms with Crippen LogP contribution in [-0.2, 0) is 0 Å². The summed E-state index contributed by atoms with van der Waals surface area (Å²) < 4.78 is 2.78. The van der Waals surface area contributed by atoms with E-state index >= 15 is 0 Å². The summed E-state index contributed by atoms with van der Waals surface area (Å²) in [6, 6.07) is 24.1. The Morgan fingerprint density at radius 1 is 0.964 bits per heavy atom. The van der Waals surface area contributed by atoms with E-state index in [9.17, 15) is 5.26 Å². The Balaban J connectivity index is 1.80. The number of imidazole rings is 1. The molecular formula is C21H13Br2N5. The Morgan fingerprint density at radius 2 is 1.75 bits per heavy atom. The van der Waals surface area contributed by atoms with Crippen molar-refractivity contribution in [1.82, 2.24) is 9.55 Å². The Morgan fingerprint density at radius 3 is 2.61 bits per heavy atom. The van der Waals surface area contributed by atoms with Crippen LogP contribution in [0.25, 0.3) is 16.7 Å². The predicted octanol–water partition coefficient (Wildman–Crippen LogP) is 5.90. The normalized spacial score (nSPS) is 15.3. The molecule has 1 atom stereocenters. The number of nitrogens with zero attached hydrogens (tertiary/aromatic N) is 4. The van der Waals surface area contributed by atoms with Crippen molar-refractivity contribution in [2.45, 2.75) is 5.08 Å². The Hall–Kier alpha value is -2.82. The van der Waals surface area contributed by atoms with Crippen molar-refractivity contribution in [2.24, 2.45) is 0 Å². The summed E-state index contributed by atoms with van der Waals surface area (Å²) in [4.78, 5) is 6.78. The van der Waals surface area contributed by atoms with Crippen molar-refractivity contribution in [1.29, 1.82) is 5.26 Å². The van der Waals surface area contributed by atoms with Crippen LogP contribution < -0.4 is 10.2 Å². The molecule has 0 saturated heterocycles. The summed E-state index contributed by atoms with van der Waals surface area (Å²) in [7, 11) is 0. The van der Waals surface area contributed by atoms with E-state index in [-0.39, 0.29) is 5.08 Å². The number of para-hydroxylation sites is 4. The first kappa shape index (κ1) is 17.3. The number of nitriles is 1. The minimum Gasteiger partial charge on any atom is -0.354 e. The maximum absolute atomic E-state index is 9.49. The van der Waals surface area contributed by atoms with Crippen molar-refractivity contribution in [3.05, 3.63) is 77.0 Å². The number of hydrogen-bond acceptors (Lipinski definition) is 4. The lowest BCUT2D eigenvalue weighted by Crippen LogP contribution is -2.26. The molecule has 0 saturated carbocycles. The van der Waals surface area contributed by atoms with Crippen LogP contribution in [0.3, 0.4) is 0 Å². The molecule has 0 aliphatic carbocycles. The molecule has 4 aromatic rings. The lowest BCUT2D eigenvalue weighted by atomic mass is 10.1. The fourth-order valence-corrected chi connectivity index (χ4v) is 4.83. The van der Waals surface area contributed by atoms with E-state index in [0.29, 0.717) is 10.3 Å². The van der Waals surface area contributed by atoms with E-state index in [1.165, 1.54) is 0 Å². The molecule has 0 bridgehead atoms. The van der Waals surface area contributed by atoms with Gasteiger partial charge in [0.1, 0.15) is 0 Å². The van der Waals surface area contributed by atoms with Crippen LogP contribution in [0.1, 0.15) is 5.56 Å². The van der Waals surface area contributed by atoms with Gasteiger partial charge in [0, 0.05) is 0 Å². The largest absolute Gasteiger partial charge is 0.354 e. The Kier molecular flexibility index (Phi) is 4.11. The Labute approximate surface area is 178 Å². The highest BCUT2D eigenvalue weighted by atomic mass is 79.9. The van der Waals surface area contributed by atoms with E-state index in [4.69, 9.17) is 0 Å². The van der Waals surface area contributed by atoms with E-state index in [0.717, 1.165) is 33.8 Å². The van der Waals surface area contributed by atoms with E-state index in [2.05, 4.69) is 63.8 Å². The summed E-state index contributed by atoms with van der Waals surface area (Å²) in [6.07, 6.45) is 0. The van der Waals surface area contributed by atoms with Crippen LogP contribution in [0.5, 0.6) is 0 Å². The summed E-state index contributed by atoms with van der Waals surface area (Å²) >= 11 is 7.34. The second-order valence-corrected chi connectivity index (χ2v) is 7.96. The number of rotatable bonds is 2. The molecule has 1 unspecified atom stereocenters. The molecular weight excluding hydrogens is 482 g/mol. The first-order valence-corrected chi connectivity index (χ1v) is 10.3. The van der Waals surface area contributed by atoms with Crippen molar-refractivity contribution in [3.63, 3.8) is 0 Å². The third-order valence-electron chi connectivity index (χ3n) is 4.79. The van der Waals surface area contributed by atoms with Gasteiger partial charge in [0.15, 0.2) is 9.81 Å². The van der Waals surface area contributed by atoms with Crippen molar-refractivity contribution >= 4 is 60.0 Å². The highest BCUT2D eigenvalue weighted by molar-refractivity contribution is 9.10. The molecule has 5 rings (SSSR count). The second-order valence-electron chi connectivity index (χ2n) is 6.39. The summed E-state index contributed by atoms with van der Waals surface area (Å²) in [5.41, 5.74) is 6.41. The molecule has 5 nitrogen and oxygen atoms in total. The van der Waals surface area contributed by atoms with Crippen molar-refractivity contribution in [2.75, 3.05) is 10.2 Å². The molecule has 7 heteroatoms. The molecule has 0 amide bonds. The zero-order valence-corrected chi connectivity index (χ0v) is 17.6. The lowest BCUT2D eigenvalue weighted by molar-refractivity contribution is 0.993. The number of benzene rings is 3. The molecule has 136 valence electrons. The van der Waals surface area contributed by atoms with Crippen LogP contribution in [0.15, 0.2) is 71.5 Å². The van der Waals surface area contributed by atoms with Gasteiger partial charge >= 0.3 is 0 Å². The number of aromatic nitrogens is 2. The molecule has 2 heterocycles. The summed E-state index contributed by atoms with van der Waals surface area (Å²) in [6.45, 7) is 0. The maximum Gasteiger partial charge on any atom is 0.182 e. The first-order chi connectivity index (χ1) is 13.7. The van der Waals surface area contributed by atoms with Crippen molar-refractivity contribution < 1.29 is 0 Å². The molecule has 1 N–H and O–H groups in total. The second kappa shape index (κ2) is 6.66. The molecule has 3 aromatic carbocycles. The number of halogens is 2. The van der Waals surface area contributed by atoms with Crippen LogP contribution in [0, 0.1) is 11.3 Å². The van der Waals surface area contributed by atoms with Gasteiger partial charge in [-0.2, -0.15) is 5.26 Å². The van der Waals surface area contributed by atoms with Gasteiger partial charge in [-0.25, -0.2) is 4.98 Å². The number of anilines is 3. The fourth-order valence-electron chi connectivity index (χ4n) is 3.57. The predicted molar refractivity (Wildman–Crippen MR) is 118 cm³/mol. The van der Waals surface area contributed by atoms with Gasteiger partial charge in [0.2, 0.25) is 0 Å². The van der Waals surface area contributed by atoms with Gasteiger partial charge < -0.3 is 10.2 Å². The molecule has 1 aliphatic rings. The average molecular weight is 495 g/mol. The molecule has 1 aliphatic heterocycles. The van der Waals surface area contributed by atoms with Gasteiger partial charge in [-0.15, -0.1) is 0 Å². The first-order valence-electron chi connectivity index (χ1n) is 8.64. The third-order valence-corrected chi connectivity index (χ3v) is 5.96. The van der Waals surface area contributed by atoms with Gasteiger partial charge in [-0.3, -0.25) is 4.57 Å². The zero-order valence-electron chi connectivity index (χ0n) is 14.5. The maximum atomic E-state index is 9.49. The van der Waals surface area contributed by atoms with Crippen LogP contribution in [-0.4, -0.2) is 14.6 Å². The Bertz CT molecular complexity index is 1260. The highest BCUT2D eigenvalue weighted by Crippen LogP contribution is 2.44. The molecule has 1 aromatic heterocycles. The minimum atomic E-state index is -0.133. The monoisotopic (exact) mass is 493 g/mol. The average Bonchev–Trinajstić information content (AvgIpc) is 3.22.